The highest BCUT2D eigenvalue weighted by Crippen LogP contribution is 2.44. The van der Waals surface area contributed by atoms with Crippen LogP contribution in [0.2, 0.25) is 0 Å². The summed E-state index contributed by atoms with van der Waals surface area (Å²) in [5.41, 5.74) is -0.311. The molecule has 0 fully saturated rings. The molecule has 0 saturated carbocycles. The molecule has 2 N–H and O–H groups in total. The van der Waals surface area contributed by atoms with E-state index in [2.05, 4.69) is 6.92 Å². The van der Waals surface area contributed by atoms with Gasteiger partial charge in [-0.25, -0.2) is 0 Å². The highest BCUT2D eigenvalue weighted by molar-refractivity contribution is 7.75. The first-order chi connectivity index (χ1) is 6.46. The number of halogens is 1. The molecule has 14 heavy (non-hydrogen) atoms. The minimum atomic E-state index is -2.00. The van der Waals surface area contributed by atoms with E-state index < -0.39 is 14.0 Å². The van der Waals surface area contributed by atoms with Crippen molar-refractivity contribution in [1.29, 1.82) is 0 Å². The largest absolute Gasteiger partial charge is 0.367 e. The Kier molecular flexibility index (Phi) is 7.27. The zero-order chi connectivity index (χ0) is 11.2. The fourth-order valence-corrected chi connectivity index (χ4v) is 1.91. The summed E-state index contributed by atoms with van der Waals surface area (Å²) in [6.07, 6.45) is 2.82. The van der Waals surface area contributed by atoms with Crippen molar-refractivity contribution in [3.63, 3.8) is 0 Å². The summed E-state index contributed by atoms with van der Waals surface area (Å²) in [5, 5.41) is 9.71. The predicted octanol–water partition coefficient (Wildman–Crippen LogP) is 3.39. The lowest BCUT2D eigenvalue weighted by atomic mass is 9.82. The van der Waals surface area contributed by atoms with Crippen molar-refractivity contribution in [1.82, 2.24) is 0 Å². The van der Waals surface area contributed by atoms with Crippen molar-refractivity contribution >= 4 is 19.0 Å². The smallest absolute Gasteiger partial charge is 0.276 e. The van der Waals surface area contributed by atoms with Crippen molar-refractivity contribution < 1.29 is 14.5 Å². The Labute approximate surface area is 92.1 Å². The highest BCUT2D eigenvalue weighted by atomic mass is 35.7. The van der Waals surface area contributed by atoms with Gasteiger partial charge in [0.05, 0.1) is 0 Å². The summed E-state index contributed by atoms with van der Waals surface area (Å²) >= 11 is 5.31. The molecule has 3 unspecified atom stereocenters. The molecular weight excluding hydrogens is 223 g/mol. The highest BCUT2D eigenvalue weighted by Gasteiger charge is 2.33. The van der Waals surface area contributed by atoms with Gasteiger partial charge in [-0.3, -0.25) is 4.52 Å². The van der Waals surface area contributed by atoms with Crippen molar-refractivity contribution in [2.24, 2.45) is 5.41 Å². The third-order valence-corrected chi connectivity index (χ3v) is 3.30. The number of hydrogen-bond acceptors (Lipinski definition) is 3. The maximum absolute atomic E-state index is 9.71. The SMILES string of the molecule is CCCCC(C)(CC)C(O)OP(O)Cl. The summed E-state index contributed by atoms with van der Waals surface area (Å²) in [7, 11) is -2.00. The topological polar surface area (TPSA) is 49.7 Å². The van der Waals surface area contributed by atoms with Gasteiger partial charge in [0.2, 0.25) is 0 Å². The number of rotatable bonds is 7. The Balaban J connectivity index is 4.19. The van der Waals surface area contributed by atoms with Gasteiger partial charge in [-0.1, -0.05) is 33.6 Å². The van der Waals surface area contributed by atoms with Crippen molar-refractivity contribution in [3.05, 3.63) is 0 Å². The van der Waals surface area contributed by atoms with Crippen LogP contribution < -0.4 is 0 Å². The van der Waals surface area contributed by atoms with Crippen LogP contribution in [0.3, 0.4) is 0 Å². The van der Waals surface area contributed by atoms with Crippen molar-refractivity contribution in [2.45, 2.75) is 52.7 Å². The van der Waals surface area contributed by atoms with Crippen LogP contribution in [0.5, 0.6) is 0 Å². The van der Waals surface area contributed by atoms with E-state index in [1.54, 1.807) is 0 Å². The van der Waals surface area contributed by atoms with Gasteiger partial charge in [-0.05, 0) is 24.1 Å². The second-order valence-electron chi connectivity index (χ2n) is 3.80. The average molecular weight is 243 g/mol. The minimum Gasteiger partial charge on any atom is -0.367 e. The number of unbranched alkanes of at least 4 members (excludes halogenated alkanes) is 1. The van der Waals surface area contributed by atoms with Gasteiger partial charge >= 0.3 is 0 Å². The molecule has 0 bridgehead atoms. The molecule has 0 radical (unpaired) electrons. The summed E-state index contributed by atoms with van der Waals surface area (Å²) < 4.78 is 4.84. The molecule has 5 heteroatoms. The second kappa shape index (κ2) is 6.97. The molecule has 0 saturated heterocycles. The molecule has 0 amide bonds. The Bertz CT molecular complexity index is 157. The predicted molar refractivity (Wildman–Crippen MR) is 60.0 cm³/mol. The number of hydrogen-bond donors (Lipinski definition) is 2. The van der Waals surface area contributed by atoms with Crippen LogP contribution in [0.25, 0.3) is 0 Å². The van der Waals surface area contributed by atoms with Crippen LogP contribution >= 0.6 is 19.0 Å². The number of aliphatic hydroxyl groups is 1. The Morgan fingerprint density at radius 2 is 2.07 bits per heavy atom. The maximum atomic E-state index is 9.71. The lowest BCUT2D eigenvalue weighted by Crippen LogP contribution is -2.32. The van der Waals surface area contributed by atoms with E-state index in [0.717, 1.165) is 25.7 Å². The van der Waals surface area contributed by atoms with Crippen LogP contribution in [0.15, 0.2) is 0 Å². The molecule has 0 aromatic rings. The third-order valence-electron chi connectivity index (χ3n) is 2.69. The Morgan fingerprint density at radius 1 is 1.50 bits per heavy atom. The Hall–Kier alpha value is 0.600. The van der Waals surface area contributed by atoms with E-state index >= 15 is 0 Å². The van der Waals surface area contributed by atoms with Crippen LogP contribution in [0, 0.1) is 5.41 Å². The summed E-state index contributed by atoms with van der Waals surface area (Å²) in [4.78, 5) is 8.86. The van der Waals surface area contributed by atoms with Gasteiger partial charge in [0.1, 0.15) is 0 Å². The molecule has 0 rings (SSSR count). The summed E-state index contributed by atoms with van der Waals surface area (Å²) in [6, 6.07) is 0. The molecule has 0 aromatic heterocycles. The molecule has 3 atom stereocenters. The van der Waals surface area contributed by atoms with Gasteiger partial charge in [0, 0.05) is 5.41 Å². The normalized spacial score (nSPS) is 20.1. The zero-order valence-corrected chi connectivity index (χ0v) is 10.7. The molecule has 0 spiro atoms. The van der Waals surface area contributed by atoms with Gasteiger partial charge in [0.15, 0.2) is 6.29 Å². The van der Waals surface area contributed by atoms with Gasteiger partial charge in [-0.2, -0.15) is 0 Å². The van der Waals surface area contributed by atoms with Crippen LogP contribution in [0.1, 0.15) is 46.5 Å². The lowest BCUT2D eigenvalue weighted by Gasteiger charge is -2.33. The quantitative estimate of drug-likeness (QED) is 0.532. The van der Waals surface area contributed by atoms with Crippen molar-refractivity contribution in [2.75, 3.05) is 0 Å². The van der Waals surface area contributed by atoms with Crippen LogP contribution in [0.4, 0.5) is 0 Å². The van der Waals surface area contributed by atoms with E-state index in [1.165, 1.54) is 0 Å². The lowest BCUT2D eigenvalue weighted by molar-refractivity contribution is -0.111. The molecular formula is C9H20ClO3P. The fourth-order valence-electron chi connectivity index (χ4n) is 1.27. The summed E-state index contributed by atoms with van der Waals surface area (Å²) in [6.45, 7) is 6.04. The van der Waals surface area contributed by atoms with E-state index in [4.69, 9.17) is 20.7 Å². The van der Waals surface area contributed by atoms with Gasteiger partial charge in [-0.15, -0.1) is 0 Å². The zero-order valence-electron chi connectivity index (χ0n) is 9.03. The average Bonchev–Trinajstić information content (AvgIpc) is 2.13. The third kappa shape index (κ3) is 4.90. The molecule has 0 heterocycles. The van der Waals surface area contributed by atoms with Gasteiger partial charge in [0.25, 0.3) is 7.73 Å². The molecule has 86 valence electrons. The van der Waals surface area contributed by atoms with E-state index in [-0.39, 0.29) is 5.41 Å². The fraction of sp³-hybridized carbons (Fsp3) is 1.00. The Morgan fingerprint density at radius 3 is 2.43 bits per heavy atom. The minimum absolute atomic E-state index is 0.311. The van der Waals surface area contributed by atoms with E-state index in [0.29, 0.717) is 0 Å². The first-order valence-corrected chi connectivity index (χ1v) is 7.07. The molecule has 0 aliphatic carbocycles. The molecule has 3 nitrogen and oxygen atoms in total. The monoisotopic (exact) mass is 242 g/mol. The van der Waals surface area contributed by atoms with Gasteiger partial charge < -0.3 is 10.00 Å². The second-order valence-corrected chi connectivity index (χ2v) is 5.33. The van der Waals surface area contributed by atoms with Crippen LogP contribution in [-0.4, -0.2) is 16.3 Å². The van der Waals surface area contributed by atoms with Crippen molar-refractivity contribution in [3.8, 4) is 0 Å². The molecule has 0 aliphatic rings. The van der Waals surface area contributed by atoms with Crippen LogP contribution in [-0.2, 0) is 4.52 Å². The van der Waals surface area contributed by atoms with E-state index in [9.17, 15) is 5.11 Å². The molecule has 0 aliphatic heterocycles. The van der Waals surface area contributed by atoms with E-state index in [1.807, 2.05) is 13.8 Å². The maximum Gasteiger partial charge on any atom is 0.276 e. The molecule has 0 aromatic carbocycles. The first kappa shape index (κ1) is 14.6. The standard InChI is InChI=1S/C9H20ClO3P/c1-4-6-7-9(3,5-2)8(11)13-14(10)12/h8,11-12H,4-7H2,1-3H3. The number of aliphatic hydroxyl groups excluding tert-OH is 1. The first-order valence-electron chi connectivity index (χ1n) is 4.96. The summed E-state index contributed by atoms with van der Waals surface area (Å²) in [5.74, 6) is 0.